The van der Waals surface area contributed by atoms with Crippen LogP contribution in [0.3, 0.4) is 0 Å². The van der Waals surface area contributed by atoms with Gasteiger partial charge in [0.05, 0.1) is 18.9 Å². The molecule has 23 heavy (non-hydrogen) atoms. The van der Waals surface area contributed by atoms with Gasteiger partial charge in [-0.3, -0.25) is 4.79 Å². The summed E-state index contributed by atoms with van der Waals surface area (Å²) in [5, 5.41) is 4.03. The number of rotatable bonds is 5. The fraction of sp³-hybridized carbons (Fsp3) is 0.529. The number of amides is 1. The predicted octanol–water partition coefficient (Wildman–Crippen LogP) is 2.39. The molecule has 2 aliphatic rings. The molecule has 1 aliphatic heterocycles. The lowest BCUT2D eigenvalue weighted by Gasteiger charge is -2.17. The summed E-state index contributed by atoms with van der Waals surface area (Å²) >= 11 is 0. The third kappa shape index (κ3) is 3.11. The average molecular weight is 318 g/mol. The van der Waals surface area contributed by atoms with Crippen LogP contribution in [0.1, 0.15) is 44.6 Å². The van der Waals surface area contributed by atoms with Crippen molar-refractivity contribution in [1.82, 2.24) is 0 Å². The summed E-state index contributed by atoms with van der Waals surface area (Å²) < 4.78 is 11.5. The van der Waals surface area contributed by atoms with Crippen molar-refractivity contribution in [3.63, 3.8) is 0 Å². The van der Waals surface area contributed by atoms with E-state index >= 15 is 0 Å². The Morgan fingerprint density at radius 2 is 2.09 bits per heavy atom. The lowest BCUT2D eigenvalue weighted by Crippen LogP contribution is -2.41. The molecular weight excluding hydrogens is 296 g/mol. The van der Waals surface area contributed by atoms with Gasteiger partial charge in [-0.05, 0) is 50.8 Å². The van der Waals surface area contributed by atoms with E-state index in [1.807, 2.05) is 18.2 Å². The quantitative estimate of drug-likeness (QED) is 0.903. The second kappa shape index (κ2) is 6.10. The second-order valence-corrected chi connectivity index (χ2v) is 6.29. The number of ether oxygens (including phenoxy) is 2. The molecule has 1 aromatic carbocycles. The van der Waals surface area contributed by atoms with Gasteiger partial charge in [0, 0.05) is 12.0 Å². The van der Waals surface area contributed by atoms with Gasteiger partial charge in [0.25, 0.3) is 5.91 Å². The Bertz CT molecular complexity index is 637. The normalized spacial score (nSPS) is 24.2. The number of hydrogen-bond acceptors (Lipinski definition) is 5. The number of nitrogens with two attached hydrogens (primary N) is 1. The molecule has 1 amide bonds. The van der Waals surface area contributed by atoms with E-state index in [-0.39, 0.29) is 6.10 Å². The number of methoxy groups -OCH3 is 1. The molecule has 1 saturated carbocycles. The molecule has 6 heteroatoms. The van der Waals surface area contributed by atoms with Crippen LogP contribution in [0.5, 0.6) is 11.5 Å². The van der Waals surface area contributed by atoms with Crippen molar-refractivity contribution in [3.05, 3.63) is 23.8 Å². The fourth-order valence-corrected chi connectivity index (χ4v) is 2.96. The van der Waals surface area contributed by atoms with E-state index in [0.717, 1.165) is 18.4 Å². The molecule has 1 fully saturated rings. The molecule has 0 aromatic heterocycles. The Hall–Kier alpha value is -2.24. The number of benzene rings is 1. The first-order chi connectivity index (χ1) is 11.0. The van der Waals surface area contributed by atoms with Gasteiger partial charge in [0.15, 0.2) is 11.5 Å². The molecule has 1 aromatic rings. The van der Waals surface area contributed by atoms with E-state index in [0.29, 0.717) is 23.6 Å². The lowest BCUT2D eigenvalue weighted by molar-refractivity contribution is -0.138. The second-order valence-electron chi connectivity index (χ2n) is 6.29. The molecule has 1 heterocycles. The van der Waals surface area contributed by atoms with Crippen LogP contribution < -0.4 is 15.2 Å². The van der Waals surface area contributed by atoms with Crippen LogP contribution in [-0.2, 0) is 9.63 Å². The molecular formula is C17H22N2O4. The maximum Gasteiger partial charge on any atom is 0.264 e. The first kappa shape index (κ1) is 15.6. The molecule has 6 nitrogen and oxygen atoms in total. The van der Waals surface area contributed by atoms with Crippen molar-refractivity contribution in [2.75, 3.05) is 7.11 Å². The van der Waals surface area contributed by atoms with Gasteiger partial charge < -0.3 is 20.0 Å². The maximum absolute atomic E-state index is 11.5. The van der Waals surface area contributed by atoms with Crippen LogP contribution in [0.4, 0.5) is 0 Å². The van der Waals surface area contributed by atoms with Crippen molar-refractivity contribution < 1.29 is 19.1 Å². The number of carbonyl (C=O) groups is 1. The number of oxime groups is 1. The summed E-state index contributed by atoms with van der Waals surface area (Å²) in [4.78, 5) is 16.7. The Balaban J connectivity index is 1.82. The average Bonchev–Trinajstić information content (AvgIpc) is 3.18. The van der Waals surface area contributed by atoms with Crippen molar-refractivity contribution in [2.45, 2.75) is 50.7 Å². The first-order valence-corrected chi connectivity index (χ1v) is 7.92. The zero-order valence-corrected chi connectivity index (χ0v) is 13.5. The summed E-state index contributed by atoms with van der Waals surface area (Å²) in [5.74, 6) is 0.872. The maximum atomic E-state index is 11.5. The number of primary amides is 1. The molecule has 2 N–H and O–H groups in total. The van der Waals surface area contributed by atoms with Crippen molar-refractivity contribution >= 4 is 11.6 Å². The SMILES string of the molecule is COc1ccc(C2=NOC(C)(C(N)=O)C2)cc1OC1CCCC1. The fourth-order valence-electron chi connectivity index (χ4n) is 2.96. The summed E-state index contributed by atoms with van der Waals surface area (Å²) in [7, 11) is 1.62. The zero-order chi connectivity index (χ0) is 16.4. The van der Waals surface area contributed by atoms with E-state index in [9.17, 15) is 4.79 Å². The topological polar surface area (TPSA) is 83.1 Å². The van der Waals surface area contributed by atoms with Gasteiger partial charge in [0.2, 0.25) is 5.60 Å². The standard InChI is InChI=1S/C17H22N2O4/c1-17(16(18)20)10-13(19-23-17)11-7-8-14(21-2)15(9-11)22-12-5-3-4-6-12/h7-9,12H,3-6,10H2,1-2H3,(H2,18,20). The van der Waals surface area contributed by atoms with E-state index in [1.165, 1.54) is 12.8 Å². The van der Waals surface area contributed by atoms with E-state index in [2.05, 4.69) is 5.16 Å². The highest BCUT2D eigenvalue weighted by molar-refractivity contribution is 6.05. The van der Waals surface area contributed by atoms with Gasteiger partial charge >= 0.3 is 0 Å². The molecule has 3 rings (SSSR count). The van der Waals surface area contributed by atoms with Crippen molar-refractivity contribution in [1.29, 1.82) is 0 Å². The number of nitrogens with zero attached hydrogens (tertiary/aromatic N) is 1. The predicted molar refractivity (Wildman–Crippen MR) is 85.7 cm³/mol. The zero-order valence-electron chi connectivity index (χ0n) is 13.5. The minimum atomic E-state index is -1.08. The Morgan fingerprint density at radius 1 is 1.35 bits per heavy atom. The number of hydrogen-bond donors (Lipinski definition) is 1. The van der Waals surface area contributed by atoms with Gasteiger partial charge in [-0.25, -0.2) is 0 Å². The molecule has 0 saturated heterocycles. The van der Waals surface area contributed by atoms with E-state index in [4.69, 9.17) is 20.0 Å². The summed E-state index contributed by atoms with van der Waals surface area (Å²) in [5.41, 5.74) is 5.83. The van der Waals surface area contributed by atoms with E-state index < -0.39 is 11.5 Å². The molecule has 1 unspecified atom stereocenters. The molecule has 0 radical (unpaired) electrons. The van der Waals surface area contributed by atoms with Crippen molar-refractivity contribution in [2.24, 2.45) is 10.9 Å². The molecule has 124 valence electrons. The monoisotopic (exact) mass is 318 g/mol. The van der Waals surface area contributed by atoms with Crippen molar-refractivity contribution in [3.8, 4) is 11.5 Å². The van der Waals surface area contributed by atoms with Crippen LogP contribution in [0.15, 0.2) is 23.4 Å². The first-order valence-electron chi connectivity index (χ1n) is 7.92. The molecule has 0 bridgehead atoms. The Morgan fingerprint density at radius 3 is 2.70 bits per heavy atom. The minimum Gasteiger partial charge on any atom is -0.493 e. The summed E-state index contributed by atoms with van der Waals surface area (Å²) in [6.45, 7) is 1.64. The largest absolute Gasteiger partial charge is 0.493 e. The van der Waals surface area contributed by atoms with Crippen LogP contribution in [0.25, 0.3) is 0 Å². The Kier molecular flexibility index (Phi) is 4.15. The highest BCUT2D eigenvalue weighted by Gasteiger charge is 2.40. The molecule has 0 spiro atoms. The highest BCUT2D eigenvalue weighted by atomic mass is 16.7. The highest BCUT2D eigenvalue weighted by Crippen LogP contribution is 2.34. The third-order valence-electron chi connectivity index (χ3n) is 4.48. The summed E-state index contributed by atoms with van der Waals surface area (Å²) in [6.07, 6.45) is 5.11. The van der Waals surface area contributed by atoms with Crippen LogP contribution in [0.2, 0.25) is 0 Å². The number of carbonyl (C=O) groups excluding carboxylic acids is 1. The van der Waals surface area contributed by atoms with Gasteiger partial charge in [-0.2, -0.15) is 0 Å². The van der Waals surface area contributed by atoms with Crippen LogP contribution >= 0.6 is 0 Å². The lowest BCUT2D eigenvalue weighted by atomic mass is 9.95. The summed E-state index contributed by atoms with van der Waals surface area (Å²) in [6, 6.07) is 5.63. The van der Waals surface area contributed by atoms with Gasteiger partial charge in [0.1, 0.15) is 0 Å². The van der Waals surface area contributed by atoms with E-state index in [1.54, 1.807) is 14.0 Å². The van der Waals surface area contributed by atoms with Crippen LogP contribution in [-0.4, -0.2) is 30.4 Å². The van der Waals surface area contributed by atoms with Gasteiger partial charge in [-0.15, -0.1) is 0 Å². The van der Waals surface area contributed by atoms with Gasteiger partial charge in [-0.1, -0.05) is 5.16 Å². The molecule has 1 atom stereocenters. The Labute approximate surface area is 135 Å². The van der Waals surface area contributed by atoms with Crippen LogP contribution in [0, 0.1) is 0 Å². The molecule has 1 aliphatic carbocycles. The smallest absolute Gasteiger partial charge is 0.264 e. The minimum absolute atomic E-state index is 0.233. The third-order valence-corrected chi connectivity index (χ3v) is 4.48.